The lowest BCUT2D eigenvalue weighted by molar-refractivity contribution is 0.189. The third-order valence-electron chi connectivity index (χ3n) is 0.631. The molecule has 0 fully saturated rings. The molecule has 0 radical (unpaired) electrons. The number of amides is 1. The minimum Gasteiger partial charge on any atom is -0.464 e. The highest BCUT2D eigenvalue weighted by molar-refractivity contribution is 9.09. The Hall–Kier alpha value is -0.290. The second-order valence-electron chi connectivity index (χ2n) is 1.40. The second kappa shape index (κ2) is 5.84. The normalized spacial score (nSPS) is 9.00. The molecule has 0 aromatic rings. The number of hydrogen-bond donors (Lipinski definition) is 3. The highest BCUT2D eigenvalue weighted by Crippen LogP contribution is 1.82. The molecule has 0 aromatic carbocycles. The topological polar surface area (TPSA) is 61.4 Å². The molecule has 0 rings (SSSR count). The number of carboxylic acid groups (broad SMARTS) is 1. The standard InChI is InChI=1S/C4H9BrN2O2/c5-2-1-3-6-7-4(8)9/h6-7H,1-3H2,(H,8,9). The van der Waals surface area contributed by atoms with Crippen molar-refractivity contribution >= 4 is 22.0 Å². The van der Waals surface area contributed by atoms with E-state index in [1.165, 1.54) is 0 Å². The van der Waals surface area contributed by atoms with Crippen molar-refractivity contribution in [3.8, 4) is 0 Å². The molecule has 5 heteroatoms. The minimum absolute atomic E-state index is 0.650. The number of hydrazine groups is 1. The fourth-order valence-corrected chi connectivity index (χ4v) is 0.574. The molecule has 0 aliphatic heterocycles. The van der Waals surface area contributed by atoms with E-state index in [1.807, 2.05) is 5.43 Å². The maximum Gasteiger partial charge on any atom is 0.419 e. The number of alkyl halides is 1. The predicted molar refractivity (Wildman–Crippen MR) is 37.6 cm³/mol. The Bertz CT molecular complexity index is 88.6. The van der Waals surface area contributed by atoms with Crippen LogP contribution >= 0.6 is 15.9 Å². The van der Waals surface area contributed by atoms with Gasteiger partial charge in [-0.1, -0.05) is 15.9 Å². The van der Waals surface area contributed by atoms with E-state index in [9.17, 15) is 4.79 Å². The van der Waals surface area contributed by atoms with Gasteiger partial charge < -0.3 is 5.11 Å². The molecule has 1 amide bonds. The number of nitrogens with one attached hydrogen (secondary N) is 2. The lowest BCUT2D eigenvalue weighted by Crippen LogP contribution is -2.36. The number of rotatable bonds is 4. The van der Waals surface area contributed by atoms with Crippen molar-refractivity contribution in [2.45, 2.75) is 6.42 Å². The van der Waals surface area contributed by atoms with Gasteiger partial charge in [-0.3, -0.25) is 5.43 Å². The van der Waals surface area contributed by atoms with Crippen LogP contribution in [-0.4, -0.2) is 23.1 Å². The smallest absolute Gasteiger partial charge is 0.419 e. The summed E-state index contributed by atoms with van der Waals surface area (Å²) in [5.74, 6) is 0. The van der Waals surface area contributed by atoms with Crippen LogP contribution in [-0.2, 0) is 0 Å². The van der Waals surface area contributed by atoms with Gasteiger partial charge in [-0.25, -0.2) is 10.2 Å². The van der Waals surface area contributed by atoms with Gasteiger partial charge >= 0.3 is 6.09 Å². The molecular formula is C4H9BrN2O2. The molecule has 0 unspecified atom stereocenters. The zero-order valence-corrected chi connectivity index (χ0v) is 6.44. The lowest BCUT2D eigenvalue weighted by Gasteiger charge is -1.99. The van der Waals surface area contributed by atoms with Crippen LogP contribution in [0.4, 0.5) is 4.79 Å². The van der Waals surface area contributed by atoms with Crippen molar-refractivity contribution < 1.29 is 9.90 Å². The summed E-state index contributed by atoms with van der Waals surface area (Å²) in [7, 11) is 0. The summed E-state index contributed by atoms with van der Waals surface area (Å²) in [6.07, 6.45) is -0.148. The Balaban J connectivity index is 2.83. The van der Waals surface area contributed by atoms with E-state index in [0.29, 0.717) is 6.54 Å². The van der Waals surface area contributed by atoms with Crippen molar-refractivity contribution in [3.63, 3.8) is 0 Å². The maximum absolute atomic E-state index is 9.78. The van der Waals surface area contributed by atoms with Crippen molar-refractivity contribution in [1.82, 2.24) is 10.9 Å². The molecule has 0 bridgehead atoms. The molecule has 0 spiro atoms. The molecule has 0 saturated carbocycles. The van der Waals surface area contributed by atoms with Gasteiger partial charge in [0, 0.05) is 11.9 Å². The van der Waals surface area contributed by atoms with E-state index >= 15 is 0 Å². The summed E-state index contributed by atoms with van der Waals surface area (Å²) in [6, 6.07) is 0. The summed E-state index contributed by atoms with van der Waals surface area (Å²) in [5, 5.41) is 8.90. The largest absolute Gasteiger partial charge is 0.464 e. The van der Waals surface area contributed by atoms with Crippen LogP contribution in [0.25, 0.3) is 0 Å². The monoisotopic (exact) mass is 196 g/mol. The fraction of sp³-hybridized carbons (Fsp3) is 0.750. The van der Waals surface area contributed by atoms with Crippen LogP contribution < -0.4 is 10.9 Å². The van der Waals surface area contributed by atoms with Gasteiger partial charge in [0.15, 0.2) is 0 Å². The Morgan fingerprint density at radius 1 is 1.67 bits per heavy atom. The van der Waals surface area contributed by atoms with Gasteiger partial charge in [0.1, 0.15) is 0 Å². The maximum atomic E-state index is 9.78. The average molecular weight is 197 g/mol. The van der Waals surface area contributed by atoms with Gasteiger partial charge in [0.2, 0.25) is 0 Å². The van der Waals surface area contributed by atoms with Crippen LogP contribution in [0.3, 0.4) is 0 Å². The molecule has 4 nitrogen and oxygen atoms in total. The van der Waals surface area contributed by atoms with Crippen molar-refractivity contribution in [3.05, 3.63) is 0 Å². The molecule has 0 aliphatic rings. The summed E-state index contributed by atoms with van der Waals surface area (Å²) in [6.45, 7) is 0.650. The van der Waals surface area contributed by atoms with Gasteiger partial charge in [-0.05, 0) is 6.42 Å². The Kier molecular flexibility index (Phi) is 5.65. The third kappa shape index (κ3) is 7.71. The number of carbonyl (C=O) groups is 1. The van der Waals surface area contributed by atoms with Crippen molar-refractivity contribution in [2.75, 3.05) is 11.9 Å². The molecule has 3 N–H and O–H groups in total. The first kappa shape index (κ1) is 8.71. The van der Waals surface area contributed by atoms with Crippen molar-refractivity contribution in [1.29, 1.82) is 0 Å². The van der Waals surface area contributed by atoms with Gasteiger partial charge in [-0.15, -0.1) is 0 Å². The Morgan fingerprint density at radius 3 is 2.78 bits per heavy atom. The van der Waals surface area contributed by atoms with E-state index in [1.54, 1.807) is 0 Å². The molecule has 9 heavy (non-hydrogen) atoms. The molecule has 54 valence electrons. The highest BCUT2D eigenvalue weighted by atomic mass is 79.9. The van der Waals surface area contributed by atoms with Crippen LogP contribution in [0.2, 0.25) is 0 Å². The fourth-order valence-electron chi connectivity index (χ4n) is 0.293. The first-order chi connectivity index (χ1) is 4.27. The second-order valence-corrected chi connectivity index (χ2v) is 2.19. The van der Waals surface area contributed by atoms with E-state index in [4.69, 9.17) is 5.11 Å². The summed E-state index contributed by atoms with van der Waals surface area (Å²) < 4.78 is 0. The van der Waals surface area contributed by atoms with Crippen LogP contribution in [0, 0.1) is 0 Å². The third-order valence-corrected chi connectivity index (χ3v) is 1.19. The van der Waals surface area contributed by atoms with Crippen LogP contribution in [0.15, 0.2) is 0 Å². The summed E-state index contributed by atoms with van der Waals surface area (Å²) in [5.41, 5.74) is 4.53. The van der Waals surface area contributed by atoms with E-state index < -0.39 is 6.09 Å². The van der Waals surface area contributed by atoms with Crippen LogP contribution in [0.1, 0.15) is 6.42 Å². The molecule has 0 atom stereocenters. The first-order valence-corrected chi connectivity index (χ1v) is 3.67. The molecule has 0 aliphatic carbocycles. The van der Waals surface area contributed by atoms with Gasteiger partial charge in [0.05, 0.1) is 0 Å². The summed E-state index contributed by atoms with van der Waals surface area (Å²) in [4.78, 5) is 9.78. The summed E-state index contributed by atoms with van der Waals surface area (Å²) >= 11 is 3.20. The lowest BCUT2D eigenvalue weighted by atomic mass is 10.5. The Morgan fingerprint density at radius 2 is 2.33 bits per heavy atom. The van der Waals surface area contributed by atoms with Crippen molar-refractivity contribution in [2.24, 2.45) is 0 Å². The number of hydrogen-bond acceptors (Lipinski definition) is 2. The molecular weight excluding hydrogens is 188 g/mol. The number of halogens is 1. The minimum atomic E-state index is -1.05. The first-order valence-electron chi connectivity index (χ1n) is 2.55. The average Bonchev–Trinajstić information content (AvgIpc) is 1.80. The molecule has 0 saturated heterocycles. The van der Waals surface area contributed by atoms with E-state index in [2.05, 4.69) is 21.4 Å². The molecule has 0 aromatic heterocycles. The zero-order chi connectivity index (χ0) is 7.11. The quantitative estimate of drug-likeness (QED) is 0.350. The molecule has 0 heterocycles. The zero-order valence-electron chi connectivity index (χ0n) is 4.85. The highest BCUT2D eigenvalue weighted by Gasteiger charge is 1.89. The van der Waals surface area contributed by atoms with Gasteiger partial charge in [-0.2, -0.15) is 0 Å². The SMILES string of the molecule is O=C(O)NNCCCBr. The van der Waals surface area contributed by atoms with Gasteiger partial charge in [0.25, 0.3) is 0 Å². The van der Waals surface area contributed by atoms with Crippen LogP contribution in [0.5, 0.6) is 0 Å². The predicted octanol–water partition coefficient (Wildman–Crippen LogP) is 0.544. The van der Waals surface area contributed by atoms with E-state index in [-0.39, 0.29) is 0 Å². The van der Waals surface area contributed by atoms with E-state index in [0.717, 1.165) is 11.8 Å². The Labute approximate surface area is 61.7 Å².